The lowest BCUT2D eigenvalue weighted by Crippen LogP contribution is -2.39. The Kier molecular flexibility index (Phi) is 4.29. The maximum atomic E-state index is 5.33. The molecule has 2 aromatic rings. The summed E-state index contributed by atoms with van der Waals surface area (Å²) in [4.78, 5) is 15.2. The van der Waals surface area contributed by atoms with Crippen molar-refractivity contribution in [2.75, 3.05) is 25.5 Å². The number of nitrogens with one attached hydrogen (secondary N) is 1. The lowest BCUT2D eigenvalue weighted by atomic mass is 10.1. The Labute approximate surface area is 140 Å². The van der Waals surface area contributed by atoms with Gasteiger partial charge in [0.2, 0.25) is 11.8 Å². The highest BCUT2D eigenvalue weighted by molar-refractivity contribution is 5.38. The van der Waals surface area contributed by atoms with Crippen LogP contribution < -0.4 is 10.1 Å². The summed E-state index contributed by atoms with van der Waals surface area (Å²) < 4.78 is 10.5. The second-order valence-electron chi connectivity index (χ2n) is 6.46. The number of anilines is 1. The summed E-state index contributed by atoms with van der Waals surface area (Å²) >= 11 is 0. The Morgan fingerprint density at radius 1 is 1.25 bits per heavy atom. The van der Waals surface area contributed by atoms with Gasteiger partial charge in [0, 0.05) is 31.1 Å². The molecule has 1 saturated heterocycles. The fourth-order valence-electron chi connectivity index (χ4n) is 3.00. The zero-order chi connectivity index (χ0) is 16.4. The van der Waals surface area contributed by atoms with Gasteiger partial charge in [-0.05, 0) is 25.7 Å². The number of hydrogen-bond acceptors (Lipinski definition) is 8. The van der Waals surface area contributed by atoms with Crippen LogP contribution in [0.1, 0.15) is 43.3 Å². The van der Waals surface area contributed by atoms with Gasteiger partial charge in [-0.2, -0.15) is 4.98 Å². The van der Waals surface area contributed by atoms with E-state index in [1.54, 1.807) is 7.11 Å². The van der Waals surface area contributed by atoms with Crippen molar-refractivity contribution in [1.82, 2.24) is 25.0 Å². The average molecular weight is 330 g/mol. The normalized spacial score (nSPS) is 19.4. The van der Waals surface area contributed by atoms with Crippen LogP contribution in [0.3, 0.4) is 0 Å². The number of aromatic nitrogens is 4. The second kappa shape index (κ2) is 6.72. The van der Waals surface area contributed by atoms with Crippen LogP contribution in [-0.4, -0.2) is 51.2 Å². The third kappa shape index (κ3) is 3.64. The smallest absolute Gasteiger partial charge is 0.229 e. The number of rotatable bonds is 6. The summed E-state index contributed by atoms with van der Waals surface area (Å²) in [5.41, 5.74) is 0. The van der Waals surface area contributed by atoms with Crippen LogP contribution in [0.4, 0.5) is 5.82 Å². The van der Waals surface area contributed by atoms with Gasteiger partial charge >= 0.3 is 0 Å². The van der Waals surface area contributed by atoms with Crippen molar-refractivity contribution in [3.05, 3.63) is 24.1 Å². The number of ether oxygens (including phenoxy) is 1. The Balaban J connectivity index is 1.26. The summed E-state index contributed by atoms with van der Waals surface area (Å²) in [6.45, 7) is 2.78. The number of hydrogen-bond donors (Lipinski definition) is 1. The largest absolute Gasteiger partial charge is 0.481 e. The monoisotopic (exact) mass is 330 g/mol. The molecule has 8 nitrogen and oxygen atoms in total. The molecule has 0 spiro atoms. The number of nitrogens with zero attached hydrogens (tertiary/aromatic N) is 5. The molecule has 1 aliphatic carbocycles. The summed E-state index contributed by atoms with van der Waals surface area (Å²) in [5, 5.41) is 7.56. The third-order valence-electron chi connectivity index (χ3n) is 4.57. The van der Waals surface area contributed by atoms with E-state index in [9.17, 15) is 0 Å². The van der Waals surface area contributed by atoms with Crippen LogP contribution in [0.15, 0.2) is 16.9 Å². The maximum absolute atomic E-state index is 5.33. The minimum Gasteiger partial charge on any atom is -0.481 e. The molecule has 2 fully saturated rings. The fourth-order valence-corrected chi connectivity index (χ4v) is 3.00. The van der Waals surface area contributed by atoms with Crippen LogP contribution in [0.25, 0.3) is 0 Å². The molecule has 4 rings (SSSR count). The highest BCUT2D eigenvalue weighted by Crippen LogP contribution is 2.38. The maximum Gasteiger partial charge on any atom is 0.229 e. The summed E-state index contributed by atoms with van der Waals surface area (Å²) in [6.07, 6.45) is 6.00. The van der Waals surface area contributed by atoms with Gasteiger partial charge in [-0.1, -0.05) is 5.16 Å². The molecule has 0 atom stereocenters. The van der Waals surface area contributed by atoms with E-state index in [4.69, 9.17) is 9.26 Å². The minimum absolute atomic E-state index is 0.410. The van der Waals surface area contributed by atoms with Crippen LogP contribution in [0, 0.1) is 0 Å². The molecule has 0 amide bonds. The Hall–Kier alpha value is -2.22. The molecule has 0 radical (unpaired) electrons. The summed E-state index contributed by atoms with van der Waals surface area (Å²) in [6, 6.07) is 2.23. The molecule has 0 unspecified atom stereocenters. The lowest BCUT2D eigenvalue weighted by molar-refractivity contribution is 0.204. The van der Waals surface area contributed by atoms with Gasteiger partial charge in [-0.25, -0.2) is 9.97 Å². The quantitative estimate of drug-likeness (QED) is 0.858. The third-order valence-corrected chi connectivity index (χ3v) is 4.57. The number of likely N-dealkylation sites (tertiary alicyclic amines) is 1. The van der Waals surface area contributed by atoms with Crippen molar-refractivity contribution in [3.63, 3.8) is 0 Å². The molecule has 1 saturated carbocycles. The summed E-state index contributed by atoms with van der Waals surface area (Å²) in [5.74, 6) is 3.54. The van der Waals surface area contributed by atoms with E-state index in [-0.39, 0.29) is 0 Å². The Morgan fingerprint density at radius 3 is 2.83 bits per heavy atom. The van der Waals surface area contributed by atoms with Crippen molar-refractivity contribution in [2.45, 2.75) is 44.2 Å². The highest BCUT2D eigenvalue weighted by atomic mass is 16.5. The van der Waals surface area contributed by atoms with Gasteiger partial charge in [0.15, 0.2) is 5.82 Å². The van der Waals surface area contributed by atoms with Gasteiger partial charge in [0.05, 0.1) is 13.7 Å². The Morgan fingerprint density at radius 2 is 2.08 bits per heavy atom. The minimum atomic E-state index is 0.410. The van der Waals surface area contributed by atoms with Crippen molar-refractivity contribution in [2.24, 2.45) is 0 Å². The number of methoxy groups -OCH3 is 1. The van der Waals surface area contributed by atoms with E-state index in [1.165, 1.54) is 19.2 Å². The van der Waals surface area contributed by atoms with E-state index >= 15 is 0 Å². The van der Waals surface area contributed by atoms with Crippen LogP contribution in [0.5, 0.6) is 5.88 Å². The first-order valence-corrected chi connectivity index (χ1v) is 8.47. The second-order valence-corrected chi connectivity index (χ2v) is 6.46. The molecule has 2 aromatic heterocycles. The molecule has 0 aromatic carbocycles. The predicted molar refractivity (Wildman–Crippen MR) is 86.8 cm³/mol. The molecule has 8 heteroatoms. The van der Waals surface area contributed by atoms with Crippen molar-refractivity contribution in [1.29, 1.82) is 0 Å². The van der Waals surface area contributed by atoms with E-state index in [0.717, 1.165) is 50.0 Å². The van der Waals surface area contributed by atoms with Crippen LogP contribution >= 0.6 is 0 Å². The summed E-state index contributed by atoms with van der Waals surface area (Å²) in [7, 11) is 1.61. The van der Waals surface area contributed by atoms with Gasteiger partial charge in [-0.3, -0.25) is 4.90 Å². The Bertz CT molecular complexity index is 679. The first kappa shape index (κ1) is 15.3. The molecule has 2 aliphatic rings. The van der Waals surface area contributed by atoms with Gasteiger partial charge in [0.25, 0.3) is 0 Å². The SMILES string of the molecule is COc1cc(NC2CCN(Cc3noc(C4CC4)n3)CC2)ncn1. The molecular formula is C16H22N6O2. The standard InChI is InChI=1S/C16H22N6O2/c1-23-15-8-13(17-10-18-15)19-12-4-6-22(7-5-12)9-14-20-16(24-21-14)11-2-3-11/h8,10-12H,2-7,9H2,1H3,(H,17,18,19). The van der Waals surface area contributed by atoms with Gasteiger partial charge < -0.3 is 14.6 Å². The van der Waals surface area contributed by atoms with Gasteiger partial charge in [0.1, 0.15) is 12.1 Å². The zero-order valence-electron chi connectivity index (χ0n) is 13.8. The molecule has 0 bridgehead atoms. The predicted octanol–water partition coefficient (Wildman–Crippen LogP) is 1.82. The van der Waals surface area contributed by atoms with E-state index < -0.39 is 0 Å². The molecule has 1 N–H and O–H groups in total. The molecule has 3 heterocycles. The first-order chi connectivity index (χ1) is 11.8. The molecule has 24 heavy (non-hydrogen) atoms. The van der Waals surface area contributed by atoms with E-state index in [2.05, 4.69) is 30.3 Å². The van der Waals surface area contributed by atoms with E-state index in [1.807, 2.05) is 6.07 Å². The average Bonchev–Trinajstić information content (AvgIpc) is 3.37. The first-order valence-electron chi connectivity index (χ1n) is 8.47. The van der Waals surface area contributed by atoms with Crippen molar-refractivity contribution >= 4 is 5.82 Å². The van der Waals surface area contributed by atoms with Crippen LogP contribution in [0.2, 0.25) is 0 Å². The number of piperidine rings is 1. The highest BCUT2D eigenvalue weighted by Gasteiger charge is 2.30. The van der Waals surface area contributed by atoms with Crippen LogP contribution in [-0.2, 0) is 6.54 Å². The zero-order valence-corrected chi connectivity index (χ0v) is 13.8. The topological polar surface area (TPSA) is 89.2 Å². The molecule has 128 valence electrons. The fraction of sp³-hybridized carbons (Fsp3) is 0.625. The van der Waals surface area contributed by atoms with Gasteiger partial charge in [-0.15, -0.1) is 0 Å². The van der Waals surface area contributed by atoms with E-state index in [0.29, 0.717) is 17.8 Å². The molecular weight excluding hydrogens is 308 g/mol. The van der Waals surface area contributed by atoms with Crippen molar-refractivity contribution < 1.29 is 9.26 Å². The van der Waals surface area contributed by atoms with Crippen molar-refractivity contribution in [3.8, 4) is 5.88 Å². The molecule has 1 aliphatic heterocycles. The lowest BCUT2D eigenvalue weighted by Gasteiger charge is -2.31.